The summed E-state index contributed by atoms with van der Waals surface area (Å²) in [5.74, 6) is 0.517. The molecule has 1 fully saturated rings. The molecule has 0 aliphatic carbocycles. The monoisotopic (exact) mass is 345 g/mol. The number of hydrogen-bond donors (Lipinski definition) is 0. The molecule has 4 nitrogen and oxygen atoms in total. The Morgan fingerprint density at radius 3 is 2.79 bits per heavy atom. The lowest BCUT2D eigenvalue weighted by molar-refractivity contribution is 0.0691. The van der Waals surface area contributed by atoms with E-state index in [1.54, 1.807) is 4.31 Å². The summed E-state index contributed by atoms with van der Waals surface area (Å²) in [6, 6.07) is 5.69. The van der Waals surface area contributed by atoms with Crippen molar-refractivity contribution in [2.24, 2.45) is 5.92 Å². The molecule has 0 N–H and O–H groups in total. The van der Waals surface area contributed by atoms with Crippen molar-refractivity contribution in [3.05, 3.63) is 28.2 Å². The normalized spacial score (nSPS) is 22.5. The van der Waals surface area contributed by atoms with Gasteiger partial charge in [0.05, 0.1) is 11.4 Å². The first-order chi connectivity index (χ1) is 9.06. The molecule has 2 heterocycles. The molecule has 1 aromatic rings. The SMILES string of the molecule is O=S1(=O)Cc2cc(Br)ccc2N1CC1CCOCC1. The van der Waals surface area contributed by atoms with Gasteiger partial charge in [-0.2, -0.15) is 0 Å². The summed E-state index contributed by atoms with van der Waals surface area (Å²) in [5, 5.41) is 0. The highest BCUT2D eigenvalue weighted by atomic mass is 79.9. The lowest BCUT2D eigenvalue weighted by Crippen LogP contribution is -2.34. The molecular formula is C13H16BrNO3S. The Balaban J connectivity index is 1.87. The smallest absolute Gasteiger partial charge is 0.239 e. The number of fused-ring (bicyclic) bond motifs is 1. The Morgan fingerprint density at radius 2 is 2.05 bits per heavy atom. The third kappa shape index (κ3) is 2.66. The molecule has 0 spiro atoms. The molecule has 0 aromatic heterocycles. The summed E-state index contributed by atoms with van der Waals surface area (Å²) in [5.41, 5.74) is 1.73. The van der Waals surface area contributed by atoms with E-state index >= 15 is 0 Å². The van der Waals surface area contributed by atoms with Crippen LogP contribution in [-0.4, -0.2) is 28.2 Å². The van der Waals surface area contributed by atoms with Gasteiger partial charge >= 0.3 is 0 Å². The second-order valence-electron chi connectivity index (χ2n) is 5.12. The maximum atomic E-state index is 12.3. The largest absolute Gasteiger partial charge is 0.381 e. The first-order valence-electron chi connectivity index (χ1n) is 6.43. The average Bonchev–Trinajstić information content (AvgIpc) is 2.61. The Bertz CT molecular complexity index is 582. The van der Waals surface area contributed by atoms with E-state index in [2.05, 4.69) is 15.9 Å². The van der Waals surface area contributed by atoms with Crippen molar-refractivity contribution in [2.45, 2.75) is 18.6 Å². The predicted octanol–water partition coefficient (Wildman–Crippen LogP) is 2.53. The van der Waals surface area contributed by atoms with Gasteiger partial charge in [-0.05, 0) is 42.5 Å². The third-order valence-electron chi connectivity index (χ3n) is 3.75. The van der Waals surface area contributed by atoms with Crippen LogP contribution in [0.25, 0.3) is 0 Å². The van der Waals surface area contributed by atoms with Gasteiger partial charge in [0.1, 0.15) is 0 Å². The van der Waals surface area contributed by atoms with Crippen LogP contribution in [-0.2, 0) is 20.5 Å². The molecule has 0 atom stereocenters. The summed E-state index contributed by atoms with van der Waals surface area (Å²) in [4.78, 5) is 0. The van der Waals surface area contributed by atoms with E-state index in [0.29, 0.717) is 12.5 Å². The van der Waals surface area contributed by atoms with E-state index in [1.807, 2.05) is 18.2 Å². The second kappa shape index (κ2) is 5.07. The summed E-state index contributed by atoms with van der Waals surface area (Å²) in [6.07, 6.45) is 1.88. The molecule has 0 saturated carbocycles. The fraction of sp³-hybridized carbons (Fsp3) is 0.538. The van der Waals surface area contributed by atoms with Gasteiger partial charge in [-0.15, -0.1) is 0 Å². The van der Waals surface area contributed by atoms with E-state index in [0.717, 1.165) is 41.8 Å². The number of halogens is 1. The van der Waals surface area contributed by atoms with Crippen LogP contribution in [0.2, 0.25) is 0 Å². The topological polar surface area (TPSA) is 46.6 Å². The van der Waals surface area contributed by atoms with Crippen molar-refractivity contribution in [3.8, 4) is 0 Å². The van der Waals surface area contributed by atoms with Crippen LogP contribution < -0.4 is 4.31 Å². The average molecular weight is 346 g/mol. The second-order valence-corrected chi connectivity index (χ2v) is 7.93. The van der Waals surface area contributed by atoms with Crippen molar-refractivity contribution in [1.29, 1.82) is 0 Å². The van der Waals surface area contributed by atoms with Crippen LogP contribution in [0, 0.1) is 5.92 Å². The molecule has 0 unspecified atom stereocenters. The molecule has 6 heteroatoms. The van der Waals surface area contributed by atoms with Crippen LogP contribution in [0.5, 0.6) is 0 Å². The van der Waals surface area contributed by atoms with Gasteiger partial charge in [0.15, 0.2) is 0 Å². The number of nitrogens with zero attached hydrogens (tertiary/aromatic N) is 1. The number of rotatable bonds is 2. The van der Waals surface area contributed by atoms with E-state index < -0.39 is 10.0 Å². The fourth-order valence-corrected chi connectivity index (χ4v) is 4.82. The zero-order chi connectivity index (χ0) is 13.5. The van der Waals surface area contributed by atoms with Crippen molar-refractivity contribution >= 4 is 31.6 Å². The number of hydrogen-bond acceptors (Lipinski definition) is 3. The molecule has 1 aromatic carbocycles. The van der Waals surface area contributed by atoms with Crippen LogP contribution in [0.15, 0.2) is 22.7 Å². The van der Waals surface area contributed by atoms with Gasteiger partial charge < -0.3 is 4.74 Å². The highest BCUT2D eigenvalue weighted by Gasteiger charge is 2.34. The molecule has 1 saturated heterocycles. The highest BCUT2D eigenvalue weighted by molar-refractivity contribution is 9.10. The minimum Gasteiger partial charge on any atom is -0.381 e. The molecule has 0 amide bonds. The van der Waals surface area contributed by atoms with E-state index in [1.165, 1.54) is 0 Å². The Labute approximate surface area is 121 Å². The van der Waals surface area contributed by atoms with Crippen molar-refractivity contribution in [1.82, 2.24) is 0 Å². The molecule has 0 bridgehead atoms. The Morgan fingerprint density at radius 1 is 1.32 bits per heavy atom. The van der Waals surface area contributed by atoms with Gasteiger partial charge in [-0.25, -0.2) is 8.42 Å². The van der Waals surface area contributed by atoms with Crippen LogP contribution in [0.4, 0.5) is 5.69 Å². The Kier molecular flexibility index (Phi) is 3.57. The molecule has 3 rings (SSSR count). The van der Waals surface area contributed by atoms with E-state index in [-0.39, 0.29) is 5.75 Å². The zero-order valence-corrected chi connectivity index (χ0v) is 12.9. The summed E-state index contributed by atoms with van der Waals surface area (Å²) < 4.78 is 32.4. The van der Waals surface area contributed by atoms with Crippen LogP contribution >= 0.6 is 15.9 Å². The predicted molar refractivity (Wildman–Crippen MR) is 77.7 cm³/mol. The first kappa shape index (κ1) is 13.4. The lowest BCUT2D eigenvalue weighted by atomic mass is 10.0. The number of sulfonamides is 1. The van der Waals surface area contributed by atoms with E-state index in [9.17, 15) is 8.42 Å². The van der Waals surface area contributed by atoms with Crippen molar-refractivity contribution in [2.75, 3.05) is 24.1 Å². The molecule has 2 aliphatic heterocycles. The molecule has 104 valence electrons. The number of anilines is 1. The first-order valence-corrected chi connectivity index (χ1v) is 8.83. The number of benzene rings is 1. The van der Waals surface area contributed by atoms with Crippen molar-refractivity contribution < 1.29 is 13.2 Å². The maximum Gasteiger partial charge on any atom is 0.239 e. The highest BCUT2D eigenvalue weighted by Crippen LogP contribution is 2.36. The van der Waals surface area contributed by atoms with Gasteiger partial charge in [-0.3, -0.25) is 4.31 Å². The maximum absolute atomic E-state index is 12.3. The fourth-order valence-electron chi connectivity index (χ4n) is 2.71. The van der Waals surface area contributed by atoms with Gasteiger partial charge in [0.2, 0.25) is 10.0 Å². The minimum absolute atomic E-state index is 0.116. The molecule has 19 heavy (non-hydrogen) atoms. The zero-order valence-electron chi connectivity index (χ0n) is 10.5. The quantitative estimate of drug-likeness (QED) is 0.827. The lowest BCUT2D eigenvalue weighted by Gasteiger charge is -2.27. The van der Waals surface area contributed by atoms with Crippen LogP contribution in [0.1, 0.15) is 18.4 Å². The Hall–Kier alpha value is -0.590. The van der Waals surface area contributed by atoms with Crippen molar-refractivity contribution in [3.63, 3.8) is 0 Å². The molecule has 2 aliphatic rings. The molecule has 0 radical (unpaired) electrons. The number of ether oxygens (including phenoxy) is 1. The summed E-state index contributed by atoms with van der Waals surface area (Å²) in [7, 11) is -3.19. The van der Waals surface area contributed by atoms with Crippen LogP contribution in [0.3, 0.4) is 0 Å². The summed E-state index contributed by atoms with van der Waals surface area (Å²) >= 11 is 3.39. The van der Waals surface area contributed by atoms with Gasteiger partial charge in [-0.1, -0.05) is 15.9 Å². The third-order valence-corrected chi connectivity index (χ3v) is 5.94. The summed E-state index contributed by atoms with van der Waals surface area (Å²) in [6.45, 7) is 2.07. The van der Waals surface area contributed by atoms with E-state index in [4.69, 9.17) is 4.74 Å². The minimum atomic E-state index is -3.19. The van der Waals surface area contributed by atoms with Gasteiger partial charge in [0.25, 0.3) is 0 Å². The standard InChI is InChI=1S/C13H16BrNO3S/c14-12-1-2-13-11(7-12)9-19(16,17)15(13)8-10-3-5-18-6-4-10/h1-2,7,10H,3-6,8-9H2. The van der Waals surface area contributed by atoms with Gasteiger partial charge in [0, 0.05) is 24.2 Å². The molecular weight excluding hydrogens is 330 g/mol.